The fourth-order valence-electron chi connectivity index (χ4n) is 4.75. The Labute approximate surface area is 172 Å². The first-order chi connectivity index (χ1) is 14.8. The lowest BCUT2D eigenvalue weighted by Gasteiger charge is -2.04. The monoisotopic (exact) mass is 383 g/mol. The van der Waals surface area contributed by atoms with Crippen LogP contribution in [0.5, 0.6) is 0 Å². The minimum Gasteiger partial charge on any atom is -0.456 e. The summed E-state index contributed by atoms with van der Waals surface area (Å²) in [7, 11) is 0. The lowest BCUT2D eigenvalue weighted by molar-refractivity contribution is 0.669. The number of rotatable bonds is 1. The van der Waals surface area contributed by atoms with Crippen molar-refractivity contribution in [3.05, 3.63) is 97.1 Å². The molecule has 0 fully saturated rings. The van der Waals surface area contributed by atoms with E-state index in [0.29, 0.717) is 0 Å². The van der Waals surface area contributed by atoms with E-state index in [2.05, 4.69) is 89.9 Å². The molecule has 0 saturated carbocycles. The maximum atomic E-state index is 6.13. The van der Waals surface area contributed by atoms with Gasteiger partial charge in [0.15, 0.2) is 0 Å². The van der Waals surface area contributed by atoms with Gasteiger partial charge >= 0.3 is 0 Å². The van der Waals surface area contributed by atoms with Crippen LogP contribution in [0.3, 0.4) is 0 Å². The summed E-state index contributed by atoms with van der Waals surface area (Å²) in [6.07, 6.45) is 0. The molecule has 0 atom stereocenters. The minimum atomic E-state index is 0.924. The van der Waals surface area contributed by atoms with Crippen molar-refractivity contribution in [3.8, 4) is 11.1 Å². The van der Waals surface area contributed by atoms with Crippen molar-refractivity contribution in [3.63, 3.8) is 0 Å². The molecular formula is C28H17NO. The minimum absolute atomic E-state index is 0.924. The molecule has 140 valence electrons. The summed E-state index contributed by atoms with van der Waals surface area (Å²) >= 11 is 0. The average Bonchev–Trinajstić information content (AvgIpc) is 3.34. The van der Waals surface area contributed by atoms with Crippen molar-refractivity contribution in [1.82, 2.24) is 4.98 Å². The van der Waals surface area contributed by atoms with Gasteiger partial charge in [0.25, 0.3) is 0 Å². The van der Waals surface area contributed by atoms with Gasteiger partial charge in [0, 0.05) is 32.6 Å². The molecule has 30 heavy (non-hydrogen) atoms. The highest BCUT2D eigenvalue weighted by Crippen LogP contribution is 2.37. The average molecular weight is 383 g/mol. The van der Waals surface area contributed by atoms with E-state index in [4.69, 9.17) is 4.42 Å². The van der Waals surface area contributed by atoms with Crippen LogP contribution in [0.2, 0.25) is 0 Å². The van der Waals surface area contributed by atoms with Gasteiger partial charge in [-0.25, -0.2) is 0 Å². The highest BCUT2D eigenvalue weighted by atomic mass is 16.3. The number of H-pyrrole nitrogens is 1. The Bertz CT molecular complexity index is 1750. The fraction of sp³-hybridized carbons (Fsp3) is 0. The second kappa shape index (κ2) is 5.74. The van der Waals surface area contributed by atoms with Gasteiger partial charge in [-0.2, -0.15) is 0 Å². The Balaban J connectivity index is 1.51. The first-order valence-corrected chi connectivity index (χ1v) is 10.2. The summed E-state index contributed by atoms with van der Waals surface area (Å²) in [5, 5.41) is 7.34. The van der Waals surface area contributed by atoms with Crippen LogP contribution in [0.1, 0.15) is 0 Å². The van der Waals surface area contributed by atoms with Crippen LogP contribution >= 0.6 is 0 Å². The molecule has 0 aliphatic carbocycles. The van der Waals surface area contributed by atoms with E-state index in [0.717, 1.165) is 27.5 Å². The summed E-state index contributed by atoms with van der Waals surface area (Å²) in [5.41, 5.74) is 6.53. The Morgan fingerprint density at radius 3 is 2.23 bits per heavy atom. The standard InChI is InChI=1S/C28H17NO/c1-2-7-18-15-25-24(14-17(18)6-1)23-10-5-9-20(28(23)29-25)19-12-13-22-21-8-3-4-11-26(21)30-27(22)16-19/h1-16,29H. The number of hydrogen-bond acceptors (Lipinski definition) is 1. The zero-order valence-corrected chi connectivity index (χ0v) is 16.1. The second-order valence-electron chi connectivity index (χ2n) is 7.91. The SMILES string of the molecule is c1ccc2cc3c(cc2c1)[nH]c1c(-c2ccc4c(c2)oc2ccccc24)cccc13. The molecule has 0 radical (unpaired) electrons. The topological polar surface area (TPSA) is 28.9 Å². The fourth-order valence-corrected chi connectivity index (χ4v) is 4.75. The van der Waals surface area contributed by atoms with E-state index in [1.165, 1.54) is 38.1 Å². The molecular weight excluding hydrogens is 366 g/mol. The van der Waals surface area contributed by atoms with Gasteiger partial charge in [-0.05, 0) is 46.7 Å². The Morgan fingerprint density at radius 2 is 1.30 bits per heavy atom. The Morgan fingerprint density at radius 1 is 0.533 bits per heavy atom. The number of benzene rings is 5. The largest absolute Gasteiger partial charge is 0.456 e. The van der Waals surface area contributed by atoms with Crippen LogP contribution in [-0.2, 0) is 0 Å². The summed E-state index contributed by atoms with van der Waals surface area (Å²) in [6.45, 7) is 0. The molecule has 0 unspecified atom stereocenters. The van der Waals surface area contributed by atoms with Crippen molar-refractivity contribution < 1.29 is 4.42 Å². The highest BCUT2D eigenvalue weighted by Gasteiger charge is 2.13. The molecule has 2 heteroatoms. The molecule has 0 spiro atoms. The van der Waals surface area contributed by atoms with Crippen LogP contribution in [0, 0.1) is 0 Å². The molecule has 1 N–H and O–H groups in total. The van der Waals surface area contributed by atoms with Gasteiger partial charge in [-0.3, -0.25) is 0 Å². The van der Waals surface area contributed by atoms with Gasteiger partial charge in [-0.1, -0.05) is 66.7 Å². The first kappa shape index (κ1) is 15.8. The number of para-hydroxylation sites is 2. The number of aromatic amines is 1. The number of fused-ring (bicyclic) bond motifs is 7. The second-order valence-corrected chi connectivity index (χ2v) is 7.91. The number of nitrogens with one attached hydrogen (secondary N) is 1. The Kier molecular flexibility index (Phi) is 3.03. The number of hydrogen-bond donors (Lipinski definition) is 1. The molecule has 0 saturated heterocycles. The van der Waals surface area contributed by atoms with Crippen LogP contribution in [-0.4, -0.2) is 4.98 Å². The zero-order chi connectivity index (χ0) is 19.7. The van der Waals surface area contributed by atoms with Crippen molar-refractivity contribution in [1.29, 1.82) is 0 Å². The molecule has 0 amide bonds. The molecule has 7 rings (SSSR count). The number of furan rings is 1. The van der Waals surface area contributed by atoms with Crippen LogP contribution in [0.15, 0.2) is 101 Å². The predicted molar refractivity (Wildman–Crippen MR) is 126 cm³/mol. The van der Waals surface area contributed by atoms with Crippen LogP contribution in [0.25, 0.3) is 65.6 Å². The normalized spacial score (nSPS) is 12.0. The third-order valence-electron chi connectivity index (χ3n) is 6.19. The third kappa shape index (κ3) is 2.13. The zero-order valence-electron chi connectivity index (χ0n) is 16.1. The summed E-state index contributed by atoms with van der Waals surface area (Å²) in [5.74, 6) is 0. The van der Waals surface area contributed by atoms with Gasteiger partial charge in [0.2, 0.25) is 0 Å². The van der Waals surface area contributed by atoms with Crippen molar-refractivity contribution in [2.45, 2.75) is 0 Å². The van der Waals surface area contributed by atoms with E-state index in [-0.39, 0.29) is 0 Å². The third-order valence-corrected chi connectivity index (χ3v) is 6.19. The highest BCUT2D eigenvalue weighted by molar-refractivity contribution is 6.15. The van der Waals surface area contributed by atoms with Gasteiger partial charge in [-0.15, -0.1) is 0 Å². The quantitative estimate of drug-likeness (QED) is 0.305. The van der Waals surface area contributed by atoms with E-state index < -0.39 is 0 Å². The first-order valence-electron chi connectivity index (χ1n) is 10.2. The lowest BCUT2D eigenvalue weighted by Crippen LogP contribution is -1.80. The van der Waals surface area contributed by atoms with Gasteiger partial charge in [0.1, 0.15) is 11.2 Å². The maximum absolute atomic E-state index is 6.13. The molecule has 2 aromatic heterocycles. The van der Waals surface area contributed by atoms with Crippen LogP contribution < -0.4 is 0 Å². The van der Waals surface area contributed by atoms with E-state index >= 15 is 0 Å². The van der Waals surface area contributed by atoms with E-state index in [1.807, 2.05) is 12.1 Å². The summed E-state index contributed by atoms with van der Waals surface area (Å²) in [6, 6.07) is 34.3. The van der Waals surface area contributed by atoms with Crippen LogP contribution in [0.4, 0.5) is 0 Å². The molecule has 0 bridgehead atoms. The molecule has 0 aliphatic rings. The lowest BCUT2D eigenvalue weighted by atomic mass is 10.00. The van der Waals surface area contributed by atoms with Crippen molar-refractivity contribution in [2.75, 3.05) is 0 Å². The molecule has 2 heterocycles. The van der Waals surface area contributed by atoms with Crippen molar-refractivity contribution in [2.24, 2.45) is 0 Å². The van der Waals surface area contributed by atoms with Gasteiger partial charge < -0.3 is 9.40 Å². The van der Waals surface area contributed by atoms with E-state index in [9.17, 15) is 0 Å². The van der Waals surface area contributed by atoms with E-state index in [1.54, 1.807) is 0 Å². The molecule has 0 aliphatic heterocycles. The smallest absolute Gasteiger partial charge is 0.136 e. The summed E-state index contributed by atoms with van der Waals surface area (Å²) < 4.78 is 6.13. The molecule has 5 aromatic carbocycles. The van der Waals surface area contributed by atoms with Gasteiger partial charge in [0.05, 0.1) is 5.52 Å². The van der Waals surface area contributed by atoms with Crippen molar-refractivity contribution >= 4 is 54.5 Å². The predicted octanol–water partition coefficient (Wildman–Crippen LogP) is 8.04. The maximum Gasteiger partial charge on any atom is 0.136 e. The molecule has 7 aromatic rings. The molecule has 2 nitrogen and oxygen atoms in total. The Hall–Kier alpha value is -4.04. The number of aromatic nitrogens is 1. The summed E-state index contributed by atoms with van der Waals surface area (Å²) in [4.78, 5) is 3.68.